The number of furan rings is 1. The highest BCUT2D eigenvalue weighted by atomic mass is 16.3. The van der Waals surface area contributed by atoms with E-state index in [1.807, 2.05) is 12.1 Å². The van der Waals surface area contributed by atoms with E-state index in [2.05, 4.69) is 52.1 Å². The highest BCUT2D eigenvalue weighted by Gasteiger charge is 2.13. The summed E-state index contributed by atoms with van der Waals surface area (Å²) in [5.74, 6) is 1.07. The molecule has 0 spiro atoms. The zero-order valence-corrected chi connectivity index (χ0v) is 13.9. The number of aryl methyl sites for hydroxylation is 4. The third kappa shape index (κ3) is 4.21. The molecule has 2 aromatic rings. The average Bonchev–Trinajstić information content (AvgIpc) is 2.93. The van der Waals surface area contributed by atoms with E-state index >= 15 is 0 Å². The van der Waals surface area contributed by atoms with Crippen LogP contribution >= 0.6 is 0 Å². The van der Waals surface area contributed by atoms with Gasteiger partial charge in [-0.2, -0.15) is 0 Å². The van der Waals surface area contributed by atoms with Gasteiger partial charge in [0.05, 0.1) is 6.26 Å². The highest BCUT2D eigenvalue weighted by Crippen LogP contribution is 2.22. The van der Waals surface area contributed by atoms with Crippen LogP contribution in [0, 0.1) is 20.8 Å². The number of hydrogen-bond donors (Lipinski definition) is 1. The summed E-state index contributed by atoms with van der Waals surface area (Å²) < 4.78 is 5.39. The Bertz CT molecular complexity index is 572. The zero-order chi connectivity index (χ0) is 15.4. The van der Waals surface area contributed by atoms with Gasteiger partial charge in [-0.1, -0.05) is 12.1 Å². The molecule has 2 atom stereocenters. The molecule has 2 nitrogen and oxygen atoms in total. The van der Waals surface area contributed by atoms with Gasteiger partial charge in [0.15, 0.2) is 0 Å². The Morgan fingerprint density at radius 2 is 1.76 bits per heavy atom. The van der Waals surface area contributed by atoms with Gasteiger partial charge >= 0.3 is 0 Å². The Kier molecular flexibility index (Phi) is 5.24. The lowest BCUT2D eigenvalue weighted by Crippen LogP contribution is -2.29. The Labute approximate surface area is 128 Å². The maximum atomic E-state index is 5.39. The van der Waals surface area contributed by atoms with Crippen molar-refractivity contribution in [3.8, 4) is 0 Å². The van der Waals surface area contributed by atoms with Gasteiger partial charge in [-0.15, -0.1) is 0 Å². The molecular formula is C19H27NO. The fourth-order valence-corrected chi connectivity index (χ4v) is 2.86. The minimum absolute atomic E-state index is 0.371. The van der Waals surface area contributed by atoms with Gasteiger partial charge < -0.3 is 9.73 Å². The third-order valence-corrected chi connectivity index (χ3v) is 4.29. The molecule has 0 saturated heterocycles. The Morgan fingerprint density at radius 1 is 1.05 bits per heavy atom. The molecule has 0 amide bonds. The molecule has 0 aliphatic heterocycles. The Morgan fingerprint density at radius 3 is 2.43 bits per heavy atom. The van der Waals surface area contributed by atoms with Crippen molar-refractivity contribution in [2.45, 2.75) is 59.5 Å². The summed E-state index contributed by atoms with van der Waals surface area (Å²) in [4.78, 5) is 0. The molecule has 1 N–H and O–H groups in total. The molecule has 0 saturated carbocycles. The molecule has 2 rings (SSSR count). The van der Waals surface area contributed by atoms with E-state index < -0.39 is 0 Å². The third-order valence-electron chi connectivity index (χ3n) is 4.29. The molecule has 0 aliphatic rings. The number of hydrogen-bond acceptors (Lipinski definition) is 2. The molecule has 0 bridgehead atoms. The second kappa shape index (κ2) is 6.95. The Hall–Kier alpha value is -1.54. The van der Waals surface area contributed by atoms with Gasteiger partial charge in [-0.05, 0) is 75.4 Å². The van der Waals surface area contributed by atoms with Crippen LogP contribution < -0.4 is 5.32 Å². The van der Waals surface area contributed by atoms with Crippen molar-refractivity contribution in [2.75, 3.05) is 0 Å². The lowest BCUT2D eigenvalue weighted by Gasteiger charge is -2.22. The summed E-state index contributed by atoms with van der Waals surface area (Å²) in [5, 5.41) is 3.70. The van der Waals surface area contributed by atoms with Crippen molar-refractivity contribution in [2.24, 2.45) is 0 Å². The Balaban J connectivity index is 1.94. The van der Waals surface area contributed by atoms with E-state index in [1.165, 1.54) is 22.3 Å². The van der Waals surface area contributed by atoms with Crippen LogP contribution in [0.2, 0.25) is 0 Å². The predicted molar refractivity (Wildman–Crippen MR) is 88.7 cm³/mol. The molecular weight excluding hydrogens is 258 g/mol. The molecule has 114 valence electrons. The van der Waals surface area contributed by atoms with Crippen LogP contribution in [0.5, 0.6) is 0 Å². The summed E-state index contributed by atoms with van der Waals surface area (Å²) in [6.45, 7) is 11.1. The van der Waals surface area contributed by atoms with Crippen molar-refractivity contribution in [3.05, 3.63) is 58.5 Å². The predicted octanol–water partition coefficient (Wildman–Crippen LogP) is 4.88. The molecule has 0 aliphatic carbocycles. The van der Waals surface area contributed by atoms with Crippen molar-refractivity contribution >= 4 is 0 Å². The monoisotopic (exact) mass is 285 g/mol. The smallest absolute Gasteiger partial charge is 0.103 e. The lowest BCUT2D eigenvalue weighted by molar-refractivity contribution is 0.430. The van der Waals surface area contributed by atoms with Gasteiger partial charge in [-0.25, -0.2) is 0 Å². The first-order chi connectivity index (χ1) is 9.97. The van der Waals surface area contributed by atoms with Crippen LogP contribution in [-0.4, -0.2) is 6.04 Å². The molecule has 0 fully saturated rings. The van der Waals surface area contributed by atoms with Crippen LogP contribution in [0.1, 0.15) is 54.3 Å². The minimum atomic E-state index is 0.371. The van der Waals surface area contributed by atoms with E-state index in [0.717, 1.165) is 18.6 Å². The van der Waals surface area contributed by atoms with Crippen LogP contribution in [0.25, 0.3) is 0 Å². The summed E-state index contributed by atoms with van der Waals surface area (Å²) in [7, 11) is 0. The summed E-state index contributed by atoms with van der Waals surface area (Å²) in [5.41, 5.74) is 5.51. The van der Waals surface area contributed by atoms with Crippen LogP contribution in [-0.2, 0) is 6.42 Å². The van der Waals surface area contributed by atoms with Crippen LogP contribution in [0.4, 0.5) is 0 Å². The number of benzene rings is 1. The topological polar surface area (TPSA) is 25.2 Å². The van der Waals surface area contributed by atoms with Gasteiger partial charge in [0.2, 0.25) is 0 Å². The van der Waals surface area contributed by atoms with Crippen LogP contribution in [0.15, 0.2) is 34.9 Å². The van der Waals surface area contributed by atoms with Crippen molar-refractivity contribution in [3.63, 3.8) is 0 Å². The normalized spacial score (nSPS) is 14.1. The largest absolute Gasteiger partial charge is 0.469 e. The molecule has 1 aromatic carbocycles. The average molecular weight is 285 g/mol. The second-order valence-corrected chi connectivity index (χ2v) is 6.20. The van der Waals surface area contributed by atoms with Crippen molar-refractivity contribution in [1.29, 1.82) is 0 Å². The quantitative estimate of drug-likeness (QED) is 0.818. The fourth-order valence-electron chi connectivity index (χ4n) is 2.86. The van der Waals surface area contributed by atoms with Gasteiger partial charge in [0.25, 0.3) is 0 Å². The molecule has 1 heterocycles. The minimum Gasteiger partial charge on any atom is -0.469 e. The van der Waals surface area contributed by atoms with E-state index in [-0.39, 0.29) is 0 Å². The molecule has 0 radical (unpaired) electrons. The SMILES string of the molecule is Cc1cc(C)c(C(C)NC(C)CCc2ccco2)cc1C. The highest BCUT2D eigenvalue weighted by molar-refractivity contribution is 5.38. The van der Waals surface area contributed by atoms with E-state index in [0.29, 0.717) is 12.1 Å². The van der Waals surface area contributed by atoms with E-state index in [1.54, 1.807) is 6.26 Å². The van der Waals surface area contributed by atoms with Crippen LogP contribution in [0.3, 0.4) is 0 Å². The van der Waals surface area contributed by atoms with E-state index in [4.69, 9.17) is 4.42 Å². The fraction of sp³-hybridized carbons (Fsp3) is 0.474. The first kappa shape index (κ1) is 15.8. The molecule has 21 heavy (non-hydrogen) atoms. The number of rotatable bonds is 6. The second-order valence-electron chi connectivity index (χ2n) is 6.20. The maximum absolute atomic E-state index is 5.39. The van der Waals surface area contributed by atoms with Crippen molar-refractivity contribution in [1.82, 2.24) is 5.32 Å². The van der Waals surface area contributed by atoms with Gasteiger partial charge in [-0.3, -0.25) is 0 Å². The van der Waals surface area contributed by atoms with Gasteiger partial charge in [0, 0.05) is 18.5 Å². The van der Waals surface area contributed by atoms with Crippen molar-refractivity contribution < 1.29 is 4.42 Å². The maximum Gasteiger partial charge on any atom is 0.103 e. The lowest BCUT2D eigenvalue weighted by atomic mass is 9.96. The molecule has 1 aromatic heterocycles. The molecule has 2 unspecified atom stereocenters. The number of nitrogens with one attached hydrogen (secondary N) is 1. The summed E-state index contributed by atoms with van der Waals surface area (Å²) in [6.07, 6.45) is 3.82. The van der Waals surface area contributed by atoms with Gasteiger partial charge in [0.1, 0.15) is 5.76 Å². The summed E-state index contributed by atoms with van der Waals surface area (Å²) >= 11 is 0. The standard InChI is InChI=1S/C19H27NO/c1-13-11-15(3)19(12-14(13)2)17(5)20-16(4)8-9-18-7-6-10-21-18/h6-7,10-12,16-17,20H,8-9H2,1-5H3. The van der Waals surface area contributed by atoms with E-state index in [9.17, 15) is 0 Å². The first-order valence-electron chi connectivity index (χ1n) is 7.83. The first-order valence-corrected chi connectivity index (χ1v) is 7.83. The zero-order valence-electron chi connectivity index (χ0n) is 13.9. The molecule has 2 heteroatoms. The summed E-state index contributed by atoms with van der Waals surface area (Å²) in [6, 6.07) is 9.44.